The molecule has 11 heavy (non-hydrogen) atoms. The highest BCUT2D eigenvalue weighted by Gasteiger charge is 2.42. The Morgan fingerprint density at radius 2 is 2.00 bits per heavy atom. The second-order valence-corrected chi connectivity index (χ2v) is 6.14. The fraction of sp³-hybridized carbons (Fsp3) is 0.714. The van der Waals surface area contributed by atoms with Crippen LogP contribution in [0.25, 0.3) is 0 Å². The topological polar surface area (TPSA) is 34.1 Å². The molecular weight excluding hydrogens is 184 g/mol. The van der Waals surface area contributed by atoms with Gasteiger partial charge in [-0.2, -0.15) is 0 Å². The highest BCUT2D eigenvalue weighted by Crippen LogP contribution is 2.43. The first-order valence-electron chi connectivity index (χ1n) is 3.69. The molecule has 2 aliphatic carbocycles. The maximum atomic E-state index is 11.0. The lowest BCUT2D eigenvalue weighted by Gasteiger charge is -2.13. The summed E-state index contributed by atoms with van der Waals surface area (Å²) in [4.78, 5) is 0. The lowest BCUT2D eigenvalue weighted by molar-refractivity contribution is 0.575. The van der Waals surface area contributed by atoms with Gasteiger partial charge in [-0.3, -0.25) is 0 Å². The van der Waals surface area contributed by atoms with Crippen molar-refractivity contribution in [3.05, 3.63) is 12.2 Å². The Labute approximate surface area is 70.7 Å². The van der Waals surface area contributed by atoms with Crippen molar-refractivity contribution in [3.8, 4) is 0 Å². The molecule has 3 atom stereocenters. The van der Waals surface area contributed by atoms with E-state index in [0.717, 1.165) is 12.8 Å². The molecule has 0 radical (unpaired) electrons. The summed E-state index contributed by atoms with van der Waals surface area (Å²) in [7, 11) is 1.96. The monoisotopic (exact) mass is 192 g/mol. The number of hydrogen-bond acceptors (Lipinski definition) is 2. The summed E-state index contributed by atoms with van der Waals surface area (Å²) >= 11 is 0. The number of allylic oxidation sites excluding steroid dienone is 2. The van der Waals surface area contributed by atoms with Crippen LogP contribution in [0, 0.1) is 11.8 Å². The summed E-state index contributed by atoms with van der Waals surface area (Å²) in [5.41, 5.74) is 0. The Morgan fingerprint density at radius 3 is 2.27 bits per heavy atom. The van der Waals surface area contributed by atoms with E-state index < -0.39 is 9.05 Å². The zero-order valence-corrected chi connectivity index (χ0v) is 7.48. The predicted molar refractivity (Wildman–Crippen MR) is 43.9 cm³/mol. The number of rotatable bonds is 1. The van der Waals surface area contributed by atoms with Gasteiger partial charge in [-0.15, -0.1) is 0 Å². The summed E-state index contributed by atoms with van der Waals surface area (Å²) in [6.07, 6.45) is 5.80. The van der Waals surface area contributed by atoms with Crippen molar-refractivity contribution in [2.45, 2.75) is 18.1 Å². The minimum Gasteiger partial charge on any atom is -0.212 e. The van der Waals surface area contributed by atoms with Gasteiger partial charge in [0.2, 0.25) is 9.05 Å². The lowest BCUT2D eigenvalue weighted by atomic mass is 10.1. The van der Waals surface area contributed by atoms with E-state index in [1.165, 1.54) is 0 Å². The van der Waals surface area contributed by atoms with E-state index in [2.05, 4.69) is 6.08 Å². The van der Waals surface area contributed by atoms with Crippen LogP contribution in [0.15, 0.2) is 12.2 Å². The standard InChI is InChI=1S/C7H9ClO2S/c8-11(9,10)7-4-5-1-2-6(7)3-5/h1-2,5-7H,3-4H2/t5-,6+,7?/m0/s1. The molecule has 2 rings (SSSR count). The van der Waals surface area contributed by atoms with Crippen molar-refractivity contribution >= 4 is 19.7 Å². The van der Waals surface area contributed by atoms with E-state index in [-0.39, 0.29) is 11.2 Å². The molecule has 0 aromatic heterocycles. The van der Waals surface area contributed by atoms with E-state index in [1.54, 1.807) is 0 Å². The van der Waals surface area contributed by atoms with Gasteiger partial charge in [-0.25, -0.2) is 8.42 Å². The van der Waals surface area contributed by atoms with Gasteiger partial charge >= 0.3 is 0 Å². The van der Waals surface area contributed by atoms with Crippen LogP contribution in [-0.4, -0.2) is 13.7 Å². The molecule has 1 unspecified atom stereocenters. The van der Waals surface area contributed by atoms with Crippen molar-refractivity contribution in [2.24, 2.45) is 11.8 Å². The van der Waals surface area contributed by atoms with Gasteiger partial charge in [0.05, 0.1) is 5.25 Å². The summed E-state index contributed by atoms with van der Waals surface area (Å²) in [6, 6.07) is 0. The van der Waals surface area contributed by atoms with Crippen LogP contribution in [0.4, 0.5) is 0 Å². The summed E-state index contributed by atoms with van der Waals surface area (Å²) in [6.45, 7) is 0. The largest absolute Gasteiger partial charge is 0.236 e. The first-order chi connectivity index (χ1) is 5.07. The molecule has 4 heteroatoms. The smallest absolute Gasteiger partial charge is 0.212 e. The molecule has 0 saturated heterocycles. The molecular formula is C7H9ClO2S. The van der Waals surface area contributed by atoms with E-state index in [9.17, 15) is 8.42 Å². The third kappa shape index (κ3) is 1.20. The normalized spacial score (nSPS) is 41.7. The van der Waals surface area contributed by atoms with E-state index in [4.69, 9.17) is 10.7 Å². The summed E-state index contributed by atoms with van der Waals surface area (Å²) in [5, 5.41) is -0.306. The van der Waals surface area contributed by atoms with Crippen LogP contribution in [-0.2, 0) is 9.05 Å². The van der Waals surface area contributed by atoms with Gasteiger partial charge in [-0.1, -0.05) is 12.2 Å². The van der Waals surface area contributed by atoms with Crippen LogP contribution in [0.1, 0.15) is 12.8 Å². The highest BCUT2D eigenvalue weighted by atomic mass is 35.7. The van der Waals surface area contributed by atoms with Crippen molar-refractivity contribution in [1.82, 2.24) is 0 Å². The maximum absolute atomic E-state index is 11.0. The lowest BCUT2D eigenvalue weighted by Crippen LogP contribution is -2.20. The Kier molecular flexibility index (Phi) is 1.55. The Hall–Kier alpha value is -0.0200. The van der Waals surface area contributed by atoms with Crippen LogP contribution < -0.4 is 0 Å². The molecule has 62 valence electrons. The fourth-order valence-corrected chi connectivity index (χ4v) is 3.77. The molecule has 0 spiro atoms. The maximum Gasteiger partial charge on any atom is 0.236 e. The number of halogens is 1. The third-order valence-electron chi connectivity index (χ3n) is 2.58. The molecule has 0 N–H and O–H groups in total. The minimum absolute atomic E-state index is 0.197. The minimum atomic E-state index is -3.31. The summed E-state index contributed by atoms with van der Waals surface area (Å²) in [5.74, 6) is 0.668. The molecule has 1 saturated carbocycles. The Balaban J connectivity index is 2.28. The van der Waals surface area contributed by atoms with E-state index in [0.29, 0.717) is 5.92 Å². The molecule has 2 bridgehead atoms. The number of fused-ring (bicyclic) bond motifs is 2. The molecule has 0 aromatic rings. The molecule has 2 nitrogen and oxygen atoms in total. The van der Waals surface area contributed by atoms with Crippen LogP contribution in [0.3, 0.4) is 0 Å². The zero-order valence-electron chi connectivity index (χ0n) is 5.90. The summed E-state index contributed by atoms with van der Waals surface area (Å²) < 4.78 is 21.9. The van der Waals surface area contributed by atoms with Crippen molar-refractivity contribution in [2.75, 3.05) is 0 Å². The van der Waals surface area contributed by atoms with Gasteiger partial charge < -0.3 is 0 Å². The Bertz CT molecular complexity index is 294. The van der Waals surface area contributed by atoms with Crippen molar-refractivity contribution < 1.29 is 8.42 Å². The quantitative estimate of drug-likeness (QED) is 0.466. The second-order valence-electron chi connectivity index (χ2n) is 3.29. The second kappa shape index (κ2) is 2.23. The first-order valence-corrected chi connectivity index (χ1v) is 6.06. The highest BCUT2D eigenvalue weighted by molar-refractivity contribution is 8.14. The van der Waals surface area contributed by atoms with Gasteiger partial charge in [0.15, 0.2) is 0 Å². The molecule has 0 aliphatic heterocycles. The molecule has 0 heterocycles. The Morgan fingerprint density at radius 1 is 1.27 bits per heavy atom. The van der Waals surface area contributed by atoms with Gasteiger partial charge in [-0.05, 0) is 24.7 Å². The predicted octanol–water partition coefficient (Wildman–Crippen LogP) is 1.52. The van der Waals surface area contributed by atoms with Gasteiger partial charge in [0.1, 0.15) is 0 Å². The molecule has 0 aromatic carbocycles. The van der Waals surface area contributed by atoms with E-state index >= 15 is 0 Å². The van der Waals surface area contributed by atoms with Gasteiger partial charge in [0.25, 0.3) is 0 Å². The SMILES string of the molecule is O=S(=O)(Cl)C1C[C@H]2C=C[C@@H]1C2. The fourth-order valence-electron chi connectivity index (χ4n) is 2.05. The first kappa shape index (κ1) is 7.62. The van der Waals surface area contributed by atoms with Crippen molar-refractivity contribution in [3.63, 3.8) is 0 Å². The zero-order chi connectivity index (χ0) is 8.06. The van der Waals surface area contributed by atoms with Crippen LogP contribution in [0.2, 0.25) is 0 Å². The average Bonchev–Trinajstić information content (AvgIpc) is 2.42. The third-order valence-corrected chi connectivity index (χ3v) is 4.53. The van der Waals surface area contributed by atoms with Crippen LogP contribution >= 0.6 is 10.7 Å². The number of hydrogen-bond donors (Lipinski definition) is 0. The molecule has 1 fully saturated rings. The molecule has 2 aliphatic rings. The molecule has 0 amide bonds. The average molecular weight is 193 g/mol. The van der Waals surface area contributed by atoms with Crippen LogP contribution in [0.5, 0.6) is 0 Å². The van der Waals surface area contributed by atoms with Gasteiger partial charge in [0, 0.05) is 10.7 Å². The van der Waals surface area contributed by atoms with E-state index in [1.807, 2.05) is 6.08 Å². The van der Waals surface area contributed by atoms with Crippen molar-refractivity contribution in [1.29, 1.82) is 0 Å².